The molecule has 0 unspecified atom stereocenters. The molecule has 37 heteroatoms. The highest BCUT2D eigenvalue weighted by Gasteiger charge is 2.40. The van der Waals surface area contributed by atoms with Gasteiger partial charge in [-0.05, 0) is 131 Å². The third kappa shape index (κ3) is 25.9. The number of benzene rings is 4. The fraction of sp³-hybridized carbons (Fsp3) is 0.389. The van der Waals surface area contributed by atoms with Gasteiger partial charge in [0.05, 0.1) is 64.4 Å². The Morgan fingerprint density at radius 3 is 1.09 bits per heavy atom. The summed E-state index contributed by atoms with van der Waals surface area (Å²) in [7, 11) is 11.1. The number of nitrogen functional groups attached to an aromatic ring is 1. The minimum Gasteiger partial charge on any atom is -0.495 e. The van der Waals surface area contributed by atoms with E-state index in [0.29, 0.717) is 34.5 Å². The lowest BCUT2D eigenvalue weighted by Crippen LogP contribution is -2.48. The van der Waals surface area contributed by atoms with Gasteiger partial charge < -0.3 is 67.9 Å². The van der Waals surface area contributed by atoms with Gasteiger partial charge in [-0.3, -0.25) is 19.4 Å². The molecule has 0 saturated heterocycles. The van der Waals surface area contributed by atoms with E-state index in [-0.39, 0.29) is 114 Å². The van der Waals surface area contributed by atoms with E-state index >= 15 is 0 Å². The summed E-state index contributed by atoms with van der Waals surface area (Å²) in [6.07, 6.45) is 0.322. The van der Waals surface area contributed by atoms with Gasteiger partial charge in [-0.15, -0.1) is 0 Å². The average molecular weight is 1620 g/mol. The number of halogens is 5. The Balaban J connectivity index is 0.000000434. The molecule has 32 nitrogen and oxygen atoms in total. The van der Waals surface area contributed by atoms with Gasteiger partial charge in [0.25, 0.3) is 0 Å². The Morgan fingerprint density at radius 1 is 0.459 bits per heavy atom. The van der Waals surface area contributed by atoms with Crippen LogP contribution in [-0.4, -0.2) is 173 Å². The Bertz CT molecular complexity index is 4230. The van der Waals surface area contributed by atoms with E-state index in [4.69, 9.17) is 121 Å². The van der Waals surface area contributed by atoms with Gasteiger partial charge >= 0.3 is 36.4 Å². The van der Waals surface area contributed by atoms with E-state index < -0.39 is 70.0 Å². The van der Waals surface area contributed by atoms with Crippen LogP contribution in [0.3, 0.4) is 0 Å². The molecule has 0 aliphatic heterocycles. The first kappa shape index (κ1) is 91.0. The third-order valence-corrected chi connectivity index (χ3v) is 15.0. The molecule has 0 radical (unpaired) electrons. The van der Waals surface area contributed by atoms with E-state index in [9.17, 15) is 38.4 Å². The van der Waals surface area contributed by atoms with Gasteiger partial charge in [0, 0.05) is 64.7 Å². The number of urea groups is 2. The predicted molar refractivity (Wildman–Crippen MR) is 417 cm³/mol. The molecule has 2 heterocycles. The van der Waals surface area contributed by atoms with Gasteiger partial charge in [-0.2, -0.15) is 9.80 Å². The van der Waals surface area contributed by atoms with Crippen LogP contribution in [0.4, 0.5) is 86.2 Å². The number of hydrogen-bond acceptors (Lipinski definition) is 25. The lowest BCUT2D eigenvalue weighted by atomic mass is 10.2. The highest BCUT2D eigenvalue weighted by Crippen LogP contribution is 2.49. The van der Waals surface area contributed by atoms with Crippen molar-refractivity contribution in [2.24, 2.45) is 0 Å². The molecule has 0 spiro atoms. The number of anilines is 10. The lowest BCUT2D eigenvalue weighted by molar-refractivity contribution is -0.112. The van der Waals surface area contributed by atoms with Crippen LogP contribution in [0.15, 0.2) is 98.6 Å². The van der Waals surface area contributed by atoms with Gasteiger partial charge in [-0.25, -0.2) is 58.5 Å². The zero-order valence-electron chi connectivity index (χ0n) is 63.9. The summed E-state index contributed by atoms with van der Waals surface area (Å²) >= 11 is 31.3. The van der Waals surface area contributed by atoms with Crippen molar-refractivity contribution in [2.75, 3.05) is 124 Å². The number of carbonyl (C=O) groups is 8. The number of nitrogens with one attached hydrogen (secondary N) is 1. The van der Waals surface area contributed by atoms with Crippen molar-refractivity contribution >= 4 is 163 Å². The second-order valence-corrected chi connectivity index (χ2v) is 28.1. The summed E-state index contributed by atoms with van der Waals surface area (Å²) in [6.45, 7) is 27.5. The van der Waals surface area contributed by atoms with Crippen LogP contribution in [-0.2, 0) is 38.0 Å². The molecule has 2 aromatic heterocycles. The van der Waals surface area contributed by atoms with E-state index in [1.54, 1.807) is 108 Å². The van der Waals surface area contributed by atoms with Crippen molar-refractivity contribution in [3.8, 4) is 34.5 Å². The Labute approximate surface area is 656 Å². The number of rotatable bonds is 23. The van der Waals surface area contributed by atoms with Crippen LogP contribution in [0.2, 0.25) is 20.1 Å². The van der Waals surface area contributed by atoms with E-state index in [1.165, 1.54) is 92.1 Å². The summed E-state index contributed by atoms with van der Waals surface area (Å²) in [4.78, 5) is 128. The van der Waals surface area contributed by atoms with Gasteiger partial charge in [0.2, 0.25) is 11.1 Å². The van der Waals surface area contributed by atoms with Crippen molar-refractivity contribution < 1.29 is 95.2 Å². The molecule has 0 aliphatic carbocycles. The van der Waals surface area contributed by atoms with E-state index in [1.807, 2.05) is 0 Å². The predicted octanol–water partition coefficient (Wildman–Crippen LogP) is 16.4. The largest absolute Gasteiger partial charge is 0.495 e. The van der Waals surface area contributed by atoms with Crippen molar-refractivity contribution in [3.05, 3.63) is 119 Å². The first-order valence-electron chi connectivity index (χ1n) is 32.4. The molecule has 3 N–H and O–H groups in total. The number of nitrogens with two attached hydrogens (primary N) is 1. The molecule has 4 aromatic carbocycles. The first-order chi connectivity index (χ1) is 50.9. The molecule has 0 bridgehead atoms. The number of hydrogen-bond donors (Lipinski definition) is 2. The molecule has 0 saturated carbocycles. The number of ether oxygens (including phenoxy) is 12. The number of nitrogens with zero attached hydrogens (tertiary/aromatic N) is 10. The van der Waals surface area contributed by atoms with Crippen molar-refractivity contribution in [3.63, 3.8) is 0 Å². The SMILES string of the molecule is C=CC(=O)Cl.C=CC(=O)Nc1cc(OCCOC)ccc1N(C(=O)OC(C)(C)C)c1cc(N(C)C(=O)N(C(=O)OC(C)(C)C)c2c(Cl)c(OC)cc(OC)c2Cl)ncn1.COCCOc1ccc(N(C(=O)OC(C)(C)C)c2cc(N(C)C(=O)N(C(=O)OC(C)(C)C)c3c(Cl)c(OC)cc(OC)c3Cl)ncn2)c(N)c1. The number of carbonyl (C=O) groups excluding carboxylic acids is 8. The number of imide groups is 2. The van der Waals surface area contributed by atoms with Crippen molar-refractivity contribution in [1.29, 1.82) is 0 Å². The third-order valence-electron chi connectivity index (χ3n) is 13.4. The number of allylic oxidation sites excluding steroid dienone is 1. The molecule has 6 aromatic rings. The topological polar surface area (TPSA) is 356 Å². The van der Waals surface area contributed by atoms with Crippen LogP contribution >= 0.6 is 58.0 Å². The Kier molecular flexibility index (Phi) is 33.6. The summed E-state index contributed by atoms with van der Waals surface area (Å²) in [5.41, 5.74) is 2.47. The molecule has 592 valence electrons. The number of methoxy groups -OCH3 is 6. The van der Waals surface area contributed by atoms with Crippen LogP contribution in [0.25, 0.3) is 0 Å². The summed E-state index contributed by atoms with van der Waals surface area (Å²) in [5.74, 6) is 0.146. The lowest BCUT2D eigenvalue weighted by Gasteiger charge is -2.31. The molecule has 6 rings (SSSR count). The maximum Gasteiger partial charge on any atom is 0.423 e. The molecular formula is C72H89Cl5N12O20. The van der Waals surface area contributed by atoms with Crippen LogP contribution in [0.1, 0.15) is 83.1 Å². The highest BCUT2D eigenvalue weighted by atomic mass is 35.5. The van der Waals surface area contributed by atoms with Crippen molar-refractivity contribution in [1.82, 2.24) is 19.9 Å². The monoisotopic (exact) mass is 1620 g/mol. The van der Waals surface area contributed by atoms with Crippen LogP contribution in [0, 0.1) is 0 Å². The van der Waals surface area contributed by atoms with Crippen molar-refractivity contribution in [2.45, 2.75) is 105 Å². The van der Waals surface area contributed by atoms with Gasteiger partial charge in [0.15, 0.2) is 0 Å². The Hall–Kier alpha value is -10.4. The zero-order valence-corrected chi connectivity index (χ0v) is 67.7. The fourth-order valence-corrected chi connectivity index (χ4v) is 10.0. The maximum absolute atomic E-state index is 14.4. The standard InChI is InChI=1S/C36H44Cl2N6O10.C33H42Cl2N6O9.C3H3ClO/c1-12-28(45)41-22-17-21(52-16-15-49-9)13-14-23(22)43(33(47)53-35(2,3)4)27-19-26(39-20-40-27)42(8)32(46)44(34(48)54-36(5,6)7)31-29(37)24(50-10)18-25(51-11)30(31)38;1-32(2,3)49-30(43)40(21-12-11-19(15-20(21)36)48-14-13-45-8)25-17-24(37-18-38-25)39(7)29(42)41(31(44)50-33(4,5)6)28-26(34)22(46-9)16-23(47-10)27(28)35;1-2-3(4)5/h12-14,17-20H,1,15-16H2,2-11H3,(H,41,45);11-12,15-18H,13-14,36H2,1-10H3;2H,1H2. The Morgan fingerprint density at radius 2 is 0.780 bits per heavy atom. The van der Waals surface area contributed by atoms with Crippen LogP contribution in [0.5, 0.6) is 34.5 Å². The normalized spacial score (nSPS) is 11.1. The van der Waals surface area contributed by atoms with E-state index in [2.05, 4.69) is 38.4 Å². The molecule has 9 amide bonds. The fourth-order valence-electron chi connectivity index (χ4n) is 8.71. The summed E-state index contributed by atoms with van der Waals surface area (Å²) < 4.78 is 65.5. The number of aromatic nitrogens is 4. The van der Waals surface area contributed by atoms with Gasteiger partial charge in [0.1, 0.15) is 138 Å². The zero-order chi connectivity index (χ0) is 82.4. The molecule has 0 aliphatic rings. The van der Waals surface area contributed by atoms with E-state index in [0.717, 1.165) is 44.4 Å². The maximum atomic E-state index is 14.4. The van der Waals surface area contributed by atoms with Gasteiger partial charge in [-0.1, -0.05) is 59.6 Å². The highest BCUT2D eigenvalue weighted by molar-refractivity contribution is 6.66. The molecular weight excluding hydrogens is 1530 g/mol. The van der Waals surface area contributed by atoms with Crippen LogP contribution < -0.4 is 68.9 Å². The minimum absolute atomic E-state index is 0.0217. The minimum atomic E-state index is -1.14. The second-order valence-electron chi connectivity index (χ2n) is 26.2. The smallest absolute Gasteiger partial charge is 0.423 e. The summed E-state index contributed by atoms with van der Waals surface area (Å²) in [5, 5.41) is 1.44. The molecule has 0 atom stereocenters. The summed E-state index contributed by atoms with van der Waals surface area (Å²) in [6, 6.07) is 12.7. The second kappa shape index (κ2) is 40.2. The average Bonchev–Trinajstić information content (AvgIpc) is 0.783. The molecule has 0 fully saturated rings. The quantitative estimate of drug-likeness (QED) is 0.0198. The first-order valence-corrected chi connectivity index (χ1v) is 34.3. The molecule has 109 heavy (non-hydrogen) atoms. The number of amides is 9.